The highest BCUT2D eigenvalue weighted by Gasteiger charge is 2.11. The smallest absolute Gasteiger partial charge is 0.230 e. The molecule has 3 aromatic rings. The van der Waals surface area contributed by atoms with Crippen LogP contribution in [0.1, 0.15) is 21.8 Å². The van der Waals surface area contributed by atoms with Gasteiger partial charge in [0.2, 0.25) is 5.91 Å². The molecule has 0 aliphatic heterocycles. The van der Waals surface area contributed by atoms with Crippen molar-refractivity contribution in [3.05, 3.63) is 75.5 Å². The number of benzene rings is 2. The van der Waals surface area contributed by atoms with Gasteiger partial charge in [0.25, 0.3) is 0 Å². The molecule has 128 valence electrons. The van der Waals surface area contributed by atoms with Crippen molar-refractivity contribution in [3.63, 3.8) is 0 Å². The number of carbonyl (C=O) groups excluding carboxylic acids is 1. The van der Waals surface area contributed by atoms with Gasteiger partial charge in [-0.05, 0) is 42.3 Å². The van der Waals surface area contributed by atoms with E-state index >= 15 is 0 Å². The van der Waals surface area contributed by atoms with Gasteiger partial charge in [0.1, 0.15) is 11.6 Å². The predicted octanol–water partition coefficient (Wildman–Crippen LogP) is 4.07. The summed E-state index contributed by atoms with van der Waals surface area (Å²) < 4.78 is 12.9. The Hall–Kier alpha value is -2.73. The molecule has 0 spiro atoms. The summed E-state index contributed by atoms with van der Waals surface area (Å²) in [6.07, 6.45) is 0.735. The Bertz CT molecular complexity index is 891. The summed E-state index contributed by atoms with van der Waals surface area (Å²) in [6.45, 7) is 1.86. The summed E-state index contributed by atoms with van der Waals surface area (Å²) in [6, 6.07) is 11.4. The number of aromatic hydroxyl groups is 1. The average molecular weight is 356 g/mol. The van der Waals surface area contributed by atoms with Gasteiger partial charge in [-0.25, -0.2) is 9.37 Å². The SMILES string of the molecule is Cc1ccc(NC(=O)Cc2csc(Cc3ccc(F)cc3)n2)c(O)c1. The van der Waals surface area contributed by atoms with Crippen LogP contribution in [0.25, 0.3) is 0 Å². The molecular weight excluding hydrogens is 339 g/mol. The zero-order chi connectivity index (χ0) is 17.8. The molecule has 1 amide bonds. The molecule has 3 rings (SSSR count). The van der Waals surface area contributed by atoms with Crippen molar-refractivity contribution in [1.82, 2.24) is 4.98 Å². The quantitative estimate of drug-likeness (QED) is 0.678. The van der Waals surface area contributed by atoms with Crippen molar-refractivity contribution < 1.29 is 14.3 Å². The number of halogens is 1. The number of carbonyl (C=O) groups is 1. The molecule has 1 heterocycles. The number of nitrogens with one attached hydrogen (secondary N) is 1. The lowest BCUT2D eigenvalue weighted by atomic mass is 10.1. The molecule has 0 aliphatic carbocycles. The lowest BCUT2D eigenvalue weighted by Gasteiger charge is -2.07. The lowest BCUT2D eigenvalue weighted by Crippen LogP contribution is -2.14. The Balaban J connectivity index is 1.60. The number of aromatic nitrogens is 1. The minimum Gasteiger partial charge on any atom is -0.506 e. The summed E-state index contributed by atoms with van der Waals surface area (Å²) in [5.41, 5.74) is 2.94. The van der Waals surface area contributed by atoms with E-state index in [0.717, 1.165) is 16.1 Å². The molecule has 0 fully saturated rings. The topological polar surface area (TPSA) is 62.2 Å². The van der Waals surface area contributed by atoms with Crippen LogP contribution in [0.5, 0.6) is 5.75 Å². The number of hydrogen-bond donors (Lipinski definition) is 2. The molecule has 25 heavy (non-hydrogen) atoms. The molecule has 0 saturated carbocycles. The highest BCUT2D eigenvalue weighted by molar-refractivity contribution is 7.09. The monoisotopic (exact) mass is 356 g/mol. The van der Waals surface area contributed by atoms with Gasteiger partial charge in [0.15, 0.2) is 0 Å². The number of hydrogen-bond acceptors (Lipinski definition) is 4. The number of phenolic OH excluding ortho intramolecular Hbond substituents is 1. The van der Waals surface area contributed by atoms with Crippen molar-refractivity contribution in [2.75, 3.05) is 5.32 Å². The third kappa shape index (κ3) is 4.64. The maximum atomic E-state index is 12.9. The number of rotatable bonds is 5. The molecule has 0 radical (unpaired) electrons. The van der Waals surface area contributed by atoms with Gasteiger partial charge in [0, 0.05) is 11.8 Å². The van der Waals surface area contributed by atoms with Crippen molar-refractivity contribution >= 4 is 22.9 Å². The van der Waals surface area contributed by atoms with E-state index < -0.39 is 0 Å². The normalized spacial score (nSPS) is 10.6. The first-order chi connectivity index (χ1) is 12.0. The van der Waals surface area contributed by atoms with E-state index in [0.29, 0.717) is 17.8 Å². The minimum atomic E-state index is -0.264. The van der Waals surface area contributed by atoms with Gasteiger partial charge in [-0.2, -0.15) is 0 Å². The van der Waals surface area contributed by atoms with Crippen LogP contribution in [0.15, 0.2) is 47.8 Å². The highest BCUT2D eigenvalue weighted by Crippen LogP contribution is 2.24. The Morgan fingerprint density at radius 2 is 2.00 bits per heavy atom. The molecule has 1 aromatic heterocycles. The van der Waals surface area contributed by atoms with Crippen molar-refractivity contribution in [2.45, 2.75) is 19.8 Å². The van der Waals surface area contributed by atoms with E-state index in [9.17, 15) is 14.3 Å². The van der Waals surface area contributed by atoms with E-state index in [-0.39, 0.29) is 23.9 Å². The average Bonchev–Trinajstić information content (AvgIpc) is 2.99. The van der Waals surface area contributed by atoms with Gasteiger partial charge >= 0.3 is 0 Å². The van der Waals surface area contributed by atoms with Crippen LogP contribution in [0.3, 0.4) is 0 Å². The van der Waals surface area contributed by atoms with Gasteiger partial charge < -0.3 is 10.4 Å². The fraction of sp³-hybridized carbons (Fsp3) is 0.158. The number of thiazole rings is 1. The second kappa shape index (κ2) is 7.44. The van der Waals surface area contributed by atoms with Crippen LogP contribution in [-0.2, 0) is 17.6 Å². The van der Waals surface area contributed by atoms with Crippen LogP contribution in [0, 0.1) is 12.7 Å². The fourth-order valence-corrected chi connectivity index (χ4v) is 3.22. The standard InChI is InChI=1S/C19H17FN2O2S/c1-12-2-7-16(17(23)8-12)22-18(24)10-15-11-25-19(21-15)9-13-3-5-14(20)6-4-13/h2-8,11,23H,9-10H2,1H3,(H,22,24). The zero-order valence-electron chi connectivity index (χ0n) is 13.6. The molecule has 0 unspecified atom stereocenters. The van der Waals surface area contributed by atoms with E-state index in [4.69, 9.17) is 0 Å². The second-order valence-corrected chi connectivity index (χ2v) is 6.72. The molecule has 2 aromatic carbocycles. The van der Waals surface area contributed by atoms with Crippen LogP contribution >= 0.6 is 11.3 Å². The first kappa shape index (κ1) is 17.1. The first-order valence-electron chi connectivity index (χ1n) is 7.77. The van der Waals surface area contributed by atoms with Gasteiger partial charge in [-0.1, -0.05) is 18.2 Å². The third-order valence-corrected chi connectivity index (χ3v) is 4.53. The first-order valence-corrected chi connectivity index (χ1v) is 8.65. The Morgan fingerprint density at radius 3 is 2.72 bits per heavy atom. The van der Waals surface area contributed by atoms with E-state index in [1.807, 2.05) is 18.4 Å². The molecule has 2 N–H and O–H groups in total. The van der Waals surface area contributed by atoms with Crippen LogP contribution < -0.4 is 5.32 Å². The van der Waals surface area contributed by atoms with Crippen molar-refractivity contribution in [2.24, 2.45) is 0 Å². The summed E-state index contributed by atoms with van der Waals surface area (Å²) >= 11 is 1.47. The Kier molecular flexibility index (Phi) is 5.09. The molecule has 0 saturated heterocycles. The van der Waals surface area contributed by atoms with Gasteiger partial charge in [0.05, 0.1) is 22.8 Å². The maximum absolute atomic E-state index is 12.9. The highest BCUT2D eigenvalue weighted by atomic mass is 32.1. The molecule has 0 atom stereocenters. The van der Waals surface area contributed by atoms with Crippen LogP contribution in [0.2, 0.25) is 0 Å². The number of aryl methyl sites for hydroxylation is 1. The van der Waals surface area contributed by atoms with Crippen molar-refractivity contribution in [3.8, 4) is 5.75 Å². The Labute approximate surface area is 149 Å². The van der Waals surface area contributed by atoms with E-state index in [1.165, 1.54) is 23.5 Å². The summed E-state index contributed by atoms with van der Waals surface area (Å²) in [7, 11) is 0. The molecular formula is C19H17FN2O2S. The van der Waals surface area contributed by atoms with Crippen LogP contribution in [0.4, 0.5) is 10.1 Å². The lowest BCUT2D eigenvalue weighted by molar-refractivity contribution is -0.115. The van der Waals surface area contributed by atoms with Gasteiger partial charge in [-0.3, -0.25) is 4.79 Å². The van der Waals surface area contributed by atoms with Crippen LogP contribution in [-0.4, -0.2) is 16.0 Å². The van der Waals surface area contributed by atoms with E-state index in [2.05, 4.69) is 10.3 Å². The number of anilines is 1. The maximum Gasteiger partial charge on any atom is 0.230 e. The molecule has 0 aliphatic rings. The van der Waals surface area contributed by atoms with E-state index in [1.54, 1.807) is 24.3 Å². The second-order valence-electron chi connectivity index (χ2n) is 5.78. The van der Waals surface area contributed by atoms with Crippen molar-refractivity contribution in [1.29, 1.82) is 0 Å². The fourth-order valence-electron chi connectivity index (χ4n) is 2.39. The number of amides is 1. The summed E-state index contributed by atoms with van der Waals surface area (Å²) in [5.74, 6) is -0.457. The molecule has 6 heteroatoms. The minimum absolute atomic E-state index is 0.0450. The third-order valence-electron chi connectivity index (χ3n) is 3.64. The van der Waals surface area contributed by atoms with Gasteiger partial charge in [-0.15, -0.1) is 11.3 Å². The zero-order valence-corrected chi connectivity index (χ0v) is 14.4. The molecule has 0 bridgehead atoms. The summed E-state index contributed by atoms with van der Waals surface area (Å²) in [5, 5.41) is 15.2. The molecule has 4 nitrogen and oxygen atoms in total. The number of nitrogens with zero attached hydrogens (tertiary/aromatic N) is 1. The summed E-state index contributed by atoms with van der Waals surface area (Å²) in [4.78, 5) is 16.6. The predicted molar refractivity (Wildman–Crippen MR) is 96.5 cm³/mol. The Morgan fingerprint density at radius 1 is 1.24 bits per heavy atom. The number of phenols is 1. The largest absolute Gasteiger partial charge is 0.506 e.